The number of rotatable bonds is 4. The molecule has 106 valence electrons. The molecule has 20 heavy (non-hydrogen) atoms. The molecule has 2 amide bonds. The van der Waals surface area contributed by atoms with E-state index in [2.05, 4.69) is 0 Å². The van der Waals surface area contributed by atoms with E-state index in [-0.39, 0.29) is 31.2 Å². The highest BCUT2D eigenvalue weighted by Crippen LogP contribution is 2.24. The number of carbonyl (C=O) groups excluding carboxylic acids is 2. The van der Waals surface area contributed by atoms with Crippen LogP contribution in [0.1, 0.15) is 18.4 Å². The van der Waals surface area contributed by atoms with Crippen molar-refractivity contribution in [1.82, 2.24) is 9.80 Å². The molecule has 0 spiro atoms. The van der Waals surface area contributed by atoms with E-state index in [0.29, 0.717) is 0 Å². The molecule has 2 fully saturated rings. The summed E-state index contributed by atoms with van der Waals surface area (Å²) < 4.78 is 5.24. The van der Waals surface area contributed by atoms with Crippen molar-refractivity contribution < 1.29 is 14.3 Å². The van der Waals surface area contributed by atoms with Gasteiger partial charge in [-0.3, -0.25) is 4.79 Å². The predicted octanol–water partition coefficient (Wildman–Crippen LogP) is 1.63. The number of piperidine rings is 1. The number of hydrogen-bond donors (Lipinski definition) is 0. The average molecular weight is 274 g/mol. The Labute approximate surface area is 118 Å². The summed E-state index contributed by atoms with van der Waals surface area (Å²) in [6, 6.07) is 9.71. The number of hydrogen-bond acceptors (Lipinski definition) is 3. The van der Waals surface area contributed by atoms with E-state index >= 15 is 0 Å². The zero-order valence-corrected chi connectivity index (χ0v) is 11.3. The Balaban J connectivity index is 1.53. The number of esters is 1. The normalized spacial score (nSPS) is 21.2. The maximum Gasteiger partial charge on any atom is 0.326 e. The third-order valence-electron chi connectivity index (χ3n) is 3.90. The predicted molar refractivity (Wildman–Crippen MR) is 72.9 cm³/mol. The Morgan fingerprint density at radius 1 is 1.30 bits per heavy atom. The zero-order chi connectivity index (χ0) is 13.9. The van der Waals surface area contributed by atoms with Gasteiger partial charge in [0, 0.05) is 13.1 Å². The lowest BCUT2D eigenvalue weighted by atomic mass is 10.1. The van der Waals surface area contributed by atoms with Crippen LogP contribution in [0.5, 0.6) is 0 Å². The van der Waals surface area contributed by atoms with Crippen LogP contribution in [-0.4, -0.2) is 47.5 Å². The van der Waals surface area contributed by atoms with Gasteiger partial charge in [0.25, 0.3) is 0 Å². The van der Waals surface area contributed by atoms with Crippen LogP contribution in [-0.2, 0) is 16.1 Å². The van der Waals surface area contributed by atoms with Crippen LogP contribution in [0.25, 0.3) is 0 Å². The molecule has 1 atom stereocenters. The Kier molecular flexibility index (Phi) is 3.58. The van der Waals surface area contributed by atoms with Crippen molar-refractivity contribution in [3.8, 4) is 0 Å². The number of fused-ring (bicyclic) bond motifs is 2. The summed E-state index contributed by atoms with van der Waals surface area (Å²) in [5.41, 5.74) is 0.955. The van der Waals surface area contributed by atoms with E-state index in [9.17, 15) is 9.59 Å². The van der Waals surface area contributed by atoms with Crippen LogP contribution in [0.4, 0.5) is 4.79 Å². The summed E-state index contributed by atoms with van der Waals surface area (Å²) in [6.07, 6.45) is 2.00. The van der Waals surface area contributed by atoms with Gasteiger partial charge < -0.3 is 14.5 Å². The summed E-state index contributed by atoms with van der Waals surface area (Å²) in [4.78, 5) is 27.4. The maximum atomic E-state index is 12.0. The van der Waals surface area contributed by atoms with Gasteiger partial charge in [0.05, 0.1) is 6.04 Å². The van der Waals surface area contributed by atoms with Crippen molar-refractivity contribution in [2.75, 3.05) is 19.6 Å². The van der Waals surface area contributed by atoms with Gasteiger partial charge in [0.1, 0.15) is 13.2 Å². The van der Waals surface area contributed by atoms with Crippen molar-refractivity contribution >= 4 is 12.0 Å². The fourth-order valence-corrected chi connectivity index (χ4v) is 2.84. The summed E-state index contributed by atoms with van der Waals surface area (Å²) in [7, 11) is 0. The van der Waals surface area contributed by atoms with Crippen molar-refractivity contribution in [2.45, 2.75) is 25.5 Å². The fraction of sp³-hybridized carbons (Fsp3) is 0.467. The van der Waals surface area contributed by atoms with Crippen LogP contribution in [0.15, 0.2) is 30.3 Å². The average Bonchev–Trinajstić information content (AvgIpc) is 2.70. The third-order valence-corrected chi connectivity index (χ3v) is 3.90. The second-order valence-electron chi connectivity index (χ2n) is 5.30. The molecule has 2 heterocycles. The van der Waals surface area contributed by atoms with E-state index in [0.717, 1.165) is 31.5 Å². The van der Waals surface area contributed by atoms with Crippen LogP contribution in [0, 0.1) is 0 Å². The van der Waals surface area contributed by atoms with E-state index in [1.54, 1.807) is 4.90 Å². The molecule has 2 aliphatic heterocycles. The molecule has 2 saturated heterocycles. The summed E-state index contributed by atoms with van der Waals surface area (Å²) >= 11 is 0. The number of urea groups is 1. The molecule has 1 aromatic carbocycles. The minimum absolute atomic E-state index is 0.0239. The molecule has 3 rings (SSSR count). The van der Waals surface area contributed by atoms with Gasteiger partial charge in [-0.15, -0.1) is 0 Å². The van der Waals surface area contributed by atoms with Crippen molar-refractivity contribution in [1.29, 1.82) is 0 Å². The molecule has 1 unspecified atom stereocenters. The van der Waals surface area contributed by atoms with Gasteiger partial charge in [-0.1, -0.05) is 30.3 Å². The second kappa shape index (κ2) is 5.53. The topological polar surface area (TPSA) is 49.9 Å². The van der Waals surface area contributed by atoms with Gasteiger partial charge in [0.15, 0.2) is 0 Å². The van der Waals surface area contributed by atoms with Crippen molar-refractivity contribution in [3.05, 3.63) is 35.9 Å². The van der Waals surface area contributed by atoms with E-state index < -0.39 is 0 Å². The van der Waals surface area contributed by atoms with Crippen LogP contribution >= 0.6 is 0 Å². The van der Waals surface area contributed by atoms with E-state index in [1.165, 1.54) is 0 Å². The lowest BCUT2D eigenvalue weighted by Crippen LogP contribution is -2.38. The summed E-state index contributed by atoms with van der Waals surface area (Å²) in [5.74, 6) is -0.337. The SMILES string of the molecule is O=C(CN1C(=O)N2CCCC1C2)OCc1ccccc1. The van der Waals surface area contributed by atoms with Gasteiger partial charge in [0.2, 0.25) is 0 Å². The Morgan fingerprint density at radius 3 is 2.85 bits per heavy atom. The number of carbonyl (C=O) groups is 2. The lowest BCUT2D eigenvalue weighted by Gasteiger charge is -2.22. The van der Waals surface area contributed by atoms with Gasteiger partial charge >= 0.3 is 12.0 Å². The first kappa shape index (κ1) is 13.0. The lowest BCUT2D eigenvalue weighted by molar-refractivity contribution is -0.145. The molecule has 0 aliphatic carbocycles. The van der Waals surface area contributed by atoms with Crippen molar-refractivity contribution in [3.63, 3.8) is 0 Å². The van der Waals surface area contributed by atoms with Crippen LogP contribution in [0.3, 0.4) is 0 Å². The maximum absolute atomic E-state index is 12.0. The molecular formula is C15H18N2O3. The molecule has 2 bridgehead atoms. The highest BCUT2D eigenvalue weighted by atomic mass is 16.5. The van der Waals surface area contributed by atoms with Gasteiger partial charge in [-0.2, -0.15) is 0 Å². The standard InChI is InChI=1S/C15H18N2O3/c18-14(20-11-12-5-2-1-3-6-12)10-17-13-7-4-8-16(9-13)15(17)19/h1-3,5-6,13H,4,7-11H2. The summed E-state index contributed by atoms with van der Waals surface area (Å²) in [5, 5.41) is 0. The first-order valence-electron chi connectivity index (χ1n) is 6.99. The largest absolute Gasteiger partial charge is 0.459 e. The molecule has 5 heteroatoms. The van der Waals surface area contributed by atoms with Crippen LogP contribution in [0.2, 0.25) is 0 Å². The molecule has 0 aromatic heterocycles. The third kappa shape index (κ3) is 2.61. The Hall–Kier alpha value is -2.04. The first-order chi connectivity index (χ1) is 9.74. The minimum atomic E-state index is -0.337. The van der Waals surface area contributed by atoms with Crippen molar-refractivity contribution in [2.24, 2.45) is 0 Å². The molecule has 1 aromatic rings. The number of nitrogens with zero attached hydrogens (tertiary/aromatic N) is 2. The number of ether oxygens (including phenoxy) is 1. The smallest absolute Gasteiger partial charge is 0.326 e. The monoisotopic (exact) mass is 274 g/mol. The first-order valence-corrected chi connectivity index (χ1v) is 6.99. The molecule has 0 saturated carbocycles. The van der Waals surface area contributed by atoms with Gasteiger partial charge in [-0.25, -0.2) is 4.79 Å². The molecule has 0 N–H and O–H groups in total. The molecule has 2 aliphatic rings. The zero-order valence-electron chi connectivity index (χ0n) is 11.3. The molecule has 0 radical (unpaired) electrons. The van der Waals surface area contributed by atoms with Gasteiger partial charge in [-0.05, 0) is 18.4 Å². The Bertz CT molecular complexity index is 503. The van der Waals surface area contributed by atoms with E-state index in [4.69, 9.17) is 4.74 Å². The van der Waals surface area contributed by atoms with E-state index in [1.807, 2.05) is 35.2 Å². The summed E-state index contributed by atoms with van der Waals surface area (Å²) in [6.45, 7) is 1.89. The molecule has 5 nitrogen and oxygen atoms in total. The quantitative estimate of drug-likeness (QED) is 0.784. The highest BCUT2D eigenvalue weighted by Gasteiger charge is 2.40. The molecular weight excluding hydrogens is 256 g/mol. The highest BCUT2D eigenvalue weighted by molar-refractivity contribution is 5.83. The van der Waals surface area contributed by atoms with Crippen LogP contribution < -0.4 is 0 Å². The minimum Gasteiger partial charge on any atom is -0.459 e. The number of amides is 2. The fourth-order valence-electron chi connectivity index (χ4n) is 2.84. The second-order valence-corrected chi connectivity index (χ2v) is 5.30. The Morgan fingerprint density at radius 2 is 2.10 bits per heavy atom. The number of benzene rings is 1.